The molecule has 8 heteroatoms. The van der Waals surface area contributed by atoms with Gasteiger partial charge in [-0.2, -0.15) is 0 Å². The lowest BCUT2D eigenvalue weighted by Gasteiger charge is -2.30. The third-order valence-electron chi connectivity index (χ3n) is 4.17. The number of nitrogens with one attached hydrogen (secondary N) is 2. The fourth-order valence-corrected chi connectivity index (χ4v) is 4.40. The summed E-state index contributed by atoms with van der Waals surface area (Å²) >= 11 is 6.66. The number of imidazole rings is 1. The molecule has 1 aromatic heterocycles. The normalized spacial score (nSPS) is 16.1. The molecule has 1 aromatic carbocycles. The van der Waals surface area contributed by atoms with Crippen LogP contribution in [0.25, 0.3) is 6.08 Å². The Bertz CT molecular complexity index is 913. The van der Waals surface area contributed by atoms with Crippen molar-refractivity contribution in [2.75, 3.05) is 6.54 Å². The molecule has 1 fully saturated rings. The number of hydrogen-bond donors (Lipinski definition) is 2. The van der Waals surface area contributed by atoms with Crippen molar-refractivity contribution >= 4 is 46.2 Å². The lowest BCUT2D eigenvalue weighted by atomic mass is 10.1. The zero-order valence-corrected chi connectivity index (χ0v) is 17.6. The molecule has 2 heterocycles. The second kappa shape index (κ2) is 8.28. The highest BCUT2D eigenvalue weighted by atomic mass is 32.2. The molecule has 6 nitrogen and oxygen atoms in total. The van der Waals surface area contributed by atoms with E-state index in [1.54, 1.807) is 29.6 Å². The number of carbonyl (C=O) groups excluding carboxylic acids is 2. The van der Waals surface area contributed by atoms with E-state index in [1.807, 2.05) is 39.0 Å². The highest BCUT2D eigenvalue weighted by molar-refractivity contribution is 8.26. The topological polar surface area (TPSA) is 78.1 Å². The Labute approximate surface area is 173 Å². The summed E-state index contributed by atoms with van der Waals surface area (Å²) in [6, 6.07) is 7.16. The van der Waals surface area contributed by atoms with Gasteiger partial charge in [0.2, 0.25) is 0 Å². The highest BCUT2D eigenvalue weighted by Crippen LogP contribution is 2.36. The van der Waals surface area contributed by atoms with Gasteiger partial charge in [-0.05, 0) is 44.5 Å². The molecular weight excluding hydrogens is 392 g/mol. The number of amides is 2. The van der Waals surface area contributed by atoms with Crippen LogP contribution < -0.4 is 5.32 Å². The Morgan fingerprint density at radius 1 is 1.32 bits per heavy atom. The molecule has 1 aliphatic rings. The first-order chi connectivity index (χ1) is 13.3. The van der Waals surface area contributed by atoms with Gasteiger partial charge in [-0.1, -0.05) is 36.1 Å². The third kappa shape index (κ3) is 4.69. The number of carbonyl (C=O) groups is 2. The summed E-state index contributed by atoms with van der Waals surface area (Å²) in [5, 5.41) is 2.88. The lowest BCUT2D eigenvalue weighted by molar-refractivity contribution is -0.125. The average molecular weight is 415 g/mol. The predicted octanol–water partition coefficient (Wildman–Crippen LogP) is 3.38. The molecule has 0 aliphatic carbocycles. The van der Waals surface area contributed by atoms with Crippen molar-refractivity contribution in [3.05, 3.63) is 58.5 Å². The Morgan fingerprint density at radius 2 is 2.04 bits per heavy atom. The zero-order valence-electron chi connectivity index (χ0n) is 16.0. The van der Waals surface area contributed by atoms with Crippen LogP contribution in [-0.4, -0.2) is 43.1 Å². The number of benzene rings is 1. The summed E-state index contributed by atoms with van der Waals surface area (Å²) < 4.78 is 0.567. The van der Waals surface area contributed by atoms with Gasteiger partial charge in [0.15, 0.2) is 0 Å². The monoisotopic (exact) mass is 414 g/mol. The van der Waals surface area contributed by atoms with E-state index in [0.29, 0.717) is 27.8 Å². The number of hydrogen-bond acceptors (Lipinski definition) is 5. The van der Waals surface area contributed by atoms with Crippen LogP contribution in [0.4, 0.5) is 0 Å². The van der Waals surface area contributed by atoms with E-state index in [4.69, 9.17) is 12.2 Å². The maximum Gasteiger partial charge on any atom is 0.266 e. The standard InChI is InChI=1S/C20H22N4O2S2/c1-20(2,3)24-18(26)16(28-19(24)27)10-13-4-6-14(7-5-13)17(25)22-9-8-15-11-21-12-23-15/h4-7,10-12H,8-9H2,1-3H3,(H,21,23)(H,22,25). The van der Waals surface area contributed by atoms with Gasteiger partial charge in [-0.25, -0.2) is 4.98 Å². The minimum atomic E-state index is -0.352. The van der Waals surface area contributed by atoms with Crippen molar-refractivity contribution in [2.24, 2.45) is 0 Å². The molecule has 0 atom stereocenters. The molecule has 1 aliphatic heterocycles. The molecule has 0 bridgehead atoms. The summed E-state index contributed by atoms with van der Waals surface area (Å²) in [6.07, 6.45) is 5.86. The summed E-state index contributed by atoms with van der Waals surface area (Å²) in [5.74, 6) is -0.215. The van der Waals surface area contributed by atoms with Gasteiger partial charge >= 0.3 is 0 Å². The average Bonchev–Trinajstić information content (AvgIpc) is 3.23. The van der Waals surface area contributed by atoms with Crippen molar-refractivity contribution in [3.8, 4) is 0 Å². The number of rotatable bonds is 5. The van der Waals surface area contributed by atoms with Crippen molar-refractivity contribution in [1.29, 1.82) is 0 Å². The number of nitrogens with zero attached hydrogens (tertiary/aromatic N) is 2. The summed E-state index contributed by atoms with van der Waals surface area (Å²) in [7, 11) is 0. The molecule has 0 saturated carbocycles. The smallest absolute Gasteiger partial charge is 0.266 e. The summed E-state index contributed by atoms with van der Waals surface area (Å²) in [4.78, 5) is 34.1. The number of thioether (sulfide) groups is 1. The van der Waals surface area contributed by atoms with Crippen LogP contribution in [0.1, 0.15) is 42.4 Å². The van der Waals surface area contributed by atoms with Gasteiger partial charge in [-0.15, -0.1) is 0 Å². The molecule has 2 amide bonds. The second-order valence-corrected chi connectivity index (χ2v) is 9.07. The fraction of sp³-hybridized carbons (Fsp3) is 0.300. The minimum absolute atomic E-state index is 0.0804. The van der Waals surface area contributed by atoms with Gasteiger partial charge in [0.05, 0.1) is 11.2 Å². The summed E-state index contributed by atoms with van der Waals surface area (Å²) in [5.41, 5.74) is 2.05. The fourth-order valence-electron chi connectivity index (χ4n) is 2.76. The van der Waals surface area contributed by atoms with Crippen molar-refractivity contribution in [2.45, 2.75) is 32.7 Å². The lowest BCUT2D eigenvalue weighted by Crippen LogP contribution is -2.44. The maximum absolute atomic E-state index is 12.6. The molecule has 0 unspecified atom stereocenters. The quantitative estimate of drug-likeness (QED) is 0.579. The molecular formula is C20H22N4O2S2. The second-order valence-electron chi connectivity index (χ2n) is 7.39. The first-order valence-electron chi connectivity index (χ1n) is 8.89. The molecule has 2 aromatic rings. The number of aromatic amines is 1. The van der Waals surface area contributed by atoms with E-state index in [-0.39, 0.29) is 17.4 Å². The first-order valence-corrected chi connectivity index (χ1v) is 10.1. The van der Waals surface area contributed by atoms with Gasteiger partial charge in [0.1, 0.15) is 4.32 Å². The third-order valence-corrected chi connectivity index (χ3v) is 5.47. The van der Waals surface area contributed by atoms with Gasteiger partial charge in [0.25, 0.3) is 11.8 Å². The van der Waals surface area contributed by atoms with Crippen LogP contribution in [0.2, 0.25) is 0 Å². The Morgan fingerprint density at radius 3 is 2.61 bits per heavy atom. The first kappa shape index (κ1) is 20.3. The number of H-pyrrole nitrogens is 1. The predicted molar refractivity (Wildman–Crippen MR) is 116 cm³/mol. The molecule has 2 N–H and O–H groups in total. The molecule has 0 spiro atoms. The van der Waals surface area contributed by atoms with Gasteiger partial charge < -0.3 is 10.3 Å². The van der Waals surface area contributed by atoms with Gasteiger partial charge in [-0.3, -0.25) is 14.5 Å². The Hall–Kier alpha value is -2.45. The molecule has 28 heavy (non-hydrogen) atoms. The van der Waals surface area contributed by atoms with Crippen molar-refractivity contribution in [3.63, 3.8) is 0 Å². The van der Waals surface area contributed by atoms with E-state index in [9.17, 15) is 9.59 Å². The van der Waals surface area contributed by atoms with Crippen molar-refractivity contribution in [1.82, 2.24) is 20.2 Å². The van der Waals surface area contributed by atoms with E-state index < -0.39 is 0 Å². The van der Waals surface area contributed by atoms with Crippen LogP contribution >= 0.6 is 24.0 Å². The zero-order chi connectivity index (χ0) is 20.3. The minimum Gasteiger partial charge on any atom is -0.352 e. The molecule has 3 rings (SSSR count). The van der Waals surface area contributed by atoms with Crippen LogP contribution in [0.5, 0.6) is 0 Å². The number of aromatic nitrogens is 2. The van der Waals surface area contributed by atoms with Crippen LogP contribution in [0, 0.1) is 0 Å². The van der Waals surface area contributed by atoms with E-state index >= 15 is 0 Å². The maximum atomic E-state index is 12.6. The van der Waals surface area contributed by atoms with Crippen LogP contribution in [-0.2, 0) is 11.2 Å². The van der Waals surface area contributed by atoms with E-state index in [0.717, 1.165) is 11.3 Å². The van der Waals surface area contributed by atoms with E-state index in [1.165, 1.54) is 11.8 Å². The van der Waals surface area contributed by atoms with E-state index in [2.05, 4.69) is 15.3 Å². The van der Waals surface area contributed by atoms with Crippen molar-refractivity contribution < 1.29 is 9.59 Å². The molecule has 0 radical (unpaired) electrons. The van der Waals surface area contributed by atoms with Gasteiger partial charge in [0, 0.05) is 36.0 Å². The summed E-state index contributed by atoms with van der Waals surface area (Å²) in [6.45, 7) is 6.40. The Kier molecular flexibility index (Phi) is 6.00. The molecule has 1 saturated heterocycles. The number of thiocarbonyl (C=S) groups is 1. The van der Waals surface area contributed by atoms with Crippen LogP contribution in [0.15, 0.2) is 41.7 Å². The Balaban J connectivity index is 1.62. The highest BCUT2D eigenvalue weighted by Gasteiger charge is 2.38. The van der Waals surface area contributed by atoms with Crippen LogP contribution in [0.3, 0.4) is 0 Å². The largest absolute Gasteiger partial charge is 0.352 e. The molecule has 146 valence electrons. The SMILES string of the molecule is CC(C)(C)N1C(=O)C(=Cc2ccc(C(=O)NCCc3cnc[nH]3)cc2)SC1=S.